The topological polar surface area (TPSA) is 73.6 Å². The second kappa shape index (κ2) is 6.43. The van der Waals surface area contributed by atoms with E-state index in [4.69, 9.17) is 15.2 Å². The van der Waals surface area contributed by atoms with Crippen molar-refractivity contribution >= 4 is 11.6 Å². The highest BCUT2D eigenvalue weighted by atomic mass is 16.5. The molecule has 1 aliphatic carbocycles. The first-order valence-corrected chi connectivity index (χ1v) is 6.49. The number of rotatable bonds is 5. The SMILES string of the molecule is COC1CCCC1NC(=O)COc1ccc(N)cc1. The maximum atomic E-state index is 11.8. The summed E-state index contributed by atoms with van der Waals surface area (Å²) in [5.41, 5.74) is 6.25. The van der Waals surface area contributed by atoms with Gasteiger partial charge in [-0.3, -0.25) is 4.79 Å². The molecule has 0 spiro atoms. The van der Waals surface area contributed by atoms with E-state index in [0.717, 1.165) is 19.3 Å². The van der Waals surface area contributed by atoms with Crippen LogP contribution in [0.1, 0.15) is 19.3 Å². The van der Waals surface area contributed by atoms with Crippen LogP contribution >= 0.6 is 0 Å². The molecule has 0 saturated heterocycles. The third-order valence-electron chi connectivity index (χ3n) is 3.35. The fourth-order valence-corrected chi connectivity index (χ4v) is 2.33. The summed E-state index contributed by atoms with van der Waals surface area (Å²) in [4.78, 5) is 11.8. The van der Waals surface area contributed by atoms with Crippen LogP contribution in [-0.2, 0) is 9.53 Å². The van der Waals surface area contributed by atoms with Gasteiger partial charge in [0.05, 0.1) is 12.1 Å². The number of carbonyl (C=O) groups is 1. The van der Waals surface area contributed by atoms with Gasteiger partial charge in [0.2, 0.25) is 0 Å². The molecule has 0 radical (unpaired) electrons. The van der Waals surface area contributed by atoms with Crippen molar-refractivity contribution in [2.24, 2.45) is 0 Å². The Morgan fingerprint density at radius 1 is 1.37 bits per heavy atom. The summed E-state index contributed by atoms with van der Waals surface area (Å²) in [7, 11) is 1.68. The van der Waals surface area contributed by atoms with Gasteiger partial charge in [-0.15, -0.1) is 0 Å². The quantitative estimate of drug-likeness (QED) is 0.787. The summed E-state index contributed by atoms with van der Waals surface area (Å²) in [6, 6.07) is 7.08. The summed E-state index contributed by atoms with van der Waals surface area (Å²) in [6.07, 6.45) is 3.18. The minimum atomic E-state index is -0.120. The fourth-order valence-electron chi connectivity index (χ4n) is 2.33. The molecule has 1 saturated carbocycles. The lowest BCUT2D eigenvalue weighted by molar-refractivity contribution is -0.124. The Hall–Kier alpha value is -1.75. The van der Waals surface area contributed by atoms with Crippen molar-refractivity contribution in [3.05, 3.63) is 24.3 Å². The standard InChI is InChI=1S/C14H20N2O3/c1-18-13-4-2-3-12(13)16-14(17)9-19-11-7-5-10(15)6-8-11/h5-8,12-13H,2-4,9,15H2,1H3,(H,16,17). The van der Waals surface area contributed by atoms with Gasteiger partial charge in [-0.25, -0.2) is 0 Å². The van der Waals surface area contributed by atoms with Gasteiger partial charge >= 0.3 is 0 Å². The van der Waals surface area contributed by atoms with E-state index in [1.54, 1.807) is 31.4 Å². The third kappa shape index (κ3) is 3.86. The van der Waals surface area contributed by atoms with E-state index in [2.05, 4.69) is 5.32 Å². The highest BCUT2D eigenvalue weighted by Gasteiger charge is 2.28. The summed E-state index contributed by atoms with van der Waals surface area (Å²) < 4.78 is 10.7. The predicted octanol–water partition coefficient (Wildman–Crippen LogP) is 1.33. The molecule has 1 amide bonds. The Morgan fingerprint density at radius 3 is 2.79 bits per heavy atom. The number of anilines is 1. The molecule has 2 rings (SSSR count). The van der Waals surface area contributed by atoms with Crippen LogP contribution < -0.4 is 15.8 Å². The molecule has 1 aliphatic rings. The lowest BCUT2D eigenvalue weighted by Gasteiger charge is -2.19. The summed E-state index contributed by atoms with van der Waals surface area (Å²) >= 11 is 0. The summed E-state index contributed by atoms with van der Waals surface area (Å²) in [6.45, 7) is 0.0108. The van der Waals surface area contributed by atoms with Crippen LogP contribution in [0, 0.1) is 0 Å². The van der Waals surface area contributed by atoms with E-state index in [9.17, 15) is 4.79 Å². The second-order valence-electron chi connectivity index (χ2n) is 4.74. The van der Waals surface area contributed by atoms with Gasteiger partial charge in [0.15, 0.2) is 6.61 Å². The smallest absolute Gasteiger partial charge is 0.258 e. The van der Waals surface area contributed by atoms with Crippen molar-refractivity contribution in [3.8, 4) is 5.75 Å². The van der Waals surface area contributed by atoms with E-state index in [1.165, 1.54) is 0 Å². The molecule has 2 atom stereocenters. The molecule has 2 unspecified atom stereocenters. The largest absolute Gasteiger partial charge is 0.484 e. The average molecular weight is 264 g/mol. The molecule has 0 aromatic heterocycles. The number of hydrogen-bond acceptors (Lipinski definition) is 4. The zero-order chi connectivity index (χ0) is 13.7. The molecule has 1 aromatic carbocycles. The van der Waals surface area contributed by atoms with Gasteiger partial charge in [-0.2, -0.15) is 0 Å². The van der Waals surface area contributed by atoms with Crippen LogP contribution in [0.3, 0.4) is 0 Å². The van der Waals surface area contributed by atoms with Gasteiger partial charge in [0, 0.05) is 12.8 Å². The Kier molecular flexibility index (Phi) is 4.63. The zero-order valence-corrected chi connectivity index (χ0v) is 11.1. The number of nitrogens with one attached hydrogen (secondary N) is 1. The first-order chi connectivity index (χ1) is 9.19. The van der Waals surface area contributed by atoms with Crippen molar-refractivity contribution in [1.82, 2.24) is 5.32 Å². The van der Waals surface area contributed by atoms with Crippen LogP contribution in [0.4, 0.5) is 5.69 Å². The number of carbonyl (C=O) groups excluding carboxylic acids is 1. The monoisotopic (exact) mass is 264 g/mol. The molecule has 3 N–H and O–H groups in total. The van der Waals surface area contributed by atoms with Crippen molar-refractivity contribution in [3.63, 3.8) is 0 Å². The van der Waals surface area contributed by atoms with Crippen molar-refractivity contribution in [2.75, 3.05) is 19.5 Å². The average Bonchev–Trinajstić information content (AvgIpc) is 2.85. The van der Waals surface area contributed by atoms with E-state index in [-0.39, 0.29) is 24.7 Å². The van der Waals surface area contributed by atoms with Crippen LogP contribution in [0.5, 0.6) is 5.75 Å². The number of methoxy groups -OCH3 is 1. The van der Waals surface area contributed by atoms with E-state index in [0.29, 0.717) is 11.4 Å². The normalized spacial score (nSPS) is 22.2. The lowest BCUT2D eigenvalue weighted by atomic mass is 10.2. The van der Waals surface area contributed by atoms with E-state index >= 15 is 0 Å². The third-order valence-corrected chi connectivity index (χ3v) is 3.35. The maximum absolute atomic E-state index is 11.8. The fraction of sp³-hybridized carbons (Fsp3) is 0.500. The van der Waals surface area contributed by atoms with Crippen molar-refractivity contribution in [2.45, 2.75) is 31.4 Å². The number of nitrogens with two attached hydrogens (primary N) is 1. The van der Waals surface area contributed by atoms with Crippen molar-refractivity contribution in [1.29, 1.82) is 0 Å². The number of hydrogen-bond donors (Lipinski definition) is 2. The zero-order valence-electron chi connectivity index (χ0n) is 11.1. The first-order valence-electron chi connectivity index (χ1n) is 6.49. The van der Waals surface area contributed by atoms with E-state index in [1.807, 2.05) is 0 Å². The van der Waals surface area contributed by atoms with Crippen LogP contribution in [0.25, 0.3) is 0 Å². The lowest BCUT2D eigenvalue weighted by Crippen LogP contribution is -2.42. The number of ether oxygens (including phenoxy) is 2. The van der Waals surface area contributed by atoms with Crippen LogP contribution in [-0.4, -0.2) is 31.8 Å². The maximum Gasteiger partial charge on any atom is 0.258 e. The minimum absolute atomic E-state index is 0.0108. The summed E-state index contributed by atoms with van der Waals surface area (Å²) in [5.74, 6) is 0.518. The number of amides is 1. The minimum Gasteiger partial charge on any atom is -0.484 e. The molecule has 5 nitrogen and oxygen atoms in total. The Morgan fingerprint density at radius 2 is 2.11 bits per heavy atom. The van der Waals surface area contributed by atoms with Gasteiger partial charge in [0.1, 0.15) is 5.75 Å². The Bertz CT molecular complexity index is 419. The van der Waals surface area contributed by atoms with Crippen molar-refractivity contribution < 1.29 is 14.3 Å². The highest BCUT2D eigenvalue weighted by Crippen LogP contribution is 2.21. The highest BCUT2D eigenvalue weighted by molar-refractivity contribution is 5.78. The molecule has 1 fully saturated rings. The second-order valence-corrected chi connectivity index (χ2v) is 4.74. The Balaban J connectivity index is 1.77. The molecular weight excluding hydrogens is 244 g/mol. The van der Waals surface area contributed by atoms with Crippen LogP contribution in [0.15, 0.2) is 24.3 Å². The van der Waals surface area contributed by atoms with Gasteiger partial charge in [-0.05, 0) is 43.5 Å². The molecule has 0 heterocycles. The molecular formula is C14H20N2O3. The first kappa shape index (κ1) is 13.7. The Labute approximate surface area is 113 Å². The number of nitrogen functional groups attached to an aromatic ring is 1. The van der Waals surface area contributed by atoms with Crippen LogP contribution in [0.2, 0.25) is 0 Å². The molecule has 0 aliphatic heterocycles. The molecule has 5 heteroatoms. The molecule has 104 valence electrons. The molecule has 19 heavy (non-hydrogen) atoms. The summed E-state index contributed by atoms with van der Waals surface area (Å²) in [5, 5.41) is 2.95. The van der Waals surface area contributed by atoms with E-state index < -0.39 is 0 Å². The predicted molar refractivity (Wildman–Crippen MR) is 72.9 cm³/mol. The van der Waals surface area contributed by atoms with Gasteiger partial charge in [0.25, 0.3) is 5.91 Å². The van der Waals surface area contributed by atoms with Gasteiger partial charge < -0.3 is 20.5 Å². The van der Waals surface area contributed by atoms with Gasteiger partial charge in [-0.1, -0.05) is 0 Å². The molecule has 1 aromatic rings. The molecule has 0 bridgehead atoms. The number of benzene rings is 1.